The lowest BCUT2D eigenvalue weighted by Crippen LogP contribution is -2.20. The van der Waals surface area contributed by atoms with Gasteiger partial charge in [0.1, 0.15) is 5.82 Å². The molecule has 0 spiro atoms. The summed E-state index contributed by atoms with van der Waals surface area (Å²) in [5.74, 6) is 1.11. The van der Waals surface area contributed by atoms with Gasteiger partial charge in [0.25, 0.3) is 0 Å². The van der Waals surface area contributed by atoms with Gasteiger partial charge in [0.05, 0.1) is 35.0 Å². The first-order valence-electron chi connectivity index (χ1n) is 8.79. The smallest absolute Gasteiger partial charge is 0.422 e. The largest absolute Gasteiger partial charge is 0.467 e. The van der Waals surface area contributed by atoms with Crippen LogP contribution in [0.3, 0.4) is 0 Å². The molecule has 3 aromatic heterocycles. The molecule has 0 saturated carbocycles. The normalized spacial score (nSPS) is 12.0. The highest BCUT2D eigenvalue weighted by Crippen LogP contribution is 2.21. The molecular weight excluding hydrogens is 373 g/mol. The summed E-state index contributed by atoms with van der Waals surface area (Å²) in [6.07, 6.45) is 0.522. The Hall–Kier alpha value is -2.91. The molecule has 0 saturated heterocycles. The zero-order chi connectivity index (χ0) is 20.3. The summed E-state index contributed by atoms with van der Waals surface area (Å²) in [5.41, 5.74) is 1.64. The molecule has 0 amide bonds. The van der Waals surface area contributed by atoms with Crippen LogP contribution in [0.4, 0.5) is 19.0 Å². The van der Waals surface area contributed by atoms with E-state index >= 15 is 0 Å². The van der Waals surface area contributed by atoms with E-state index in [9.17, 15) is 13.2 Å². The van der Waals surface area contributed by atoms with E-state index in [1.165, 1.54) is 6.20 Å². The van der Waals surface area contributed by atoms with Crippen molar-refractivity contribution in [2.24, 2.45) is 5.92 Å². The number of pyridine rings is 1. The molecule has 3 heterocycles. The van der Waals surface area contributed by atoms with Gasteiger partial charge in [-0.2, -0.15) is 18.3 Å². The number of aryl methyl sites for hydroxylation is 1. The van der Waals surface area contributed by atoms with Gasteiger partial charge in [0.2, 0.25) is 5.88 Å². The van der Waals surface area contributed by atoms with E-state index in [0.29, 0.717) is 23.9 Å². The molecule has 7 nitrogen and oxygen atoms in total. The fourth-order valence-electron chi connectivity index (χ4n) is 2.57. The van der Waals surface area contributed by atoms with E-state index in [1.807, 2.05) is 12.3 Å². The maximum atomic E-state index is 12.3. The Balaban J connectivity index is 1.75. The van der Waals surface area contributed by atoms with Gasteiger partial charge in [-0.05, 0) is 18.9 Å². The molecule has 0 fully saturated rings. The molecule has 28 heavy (non-hydrogen) atoms. The maximum Gasteiger partial charge on any atom is 0.422 e. The van der Waals surface area contributed by atoms with Crippen molar-refractivity contribution in [3.63, 3.8) is 0 Å². The third kappa shape index (κ3) is 5.08. The SMILES string of the molecule is Cc1nc(Cn2cc3c(NCC(C)C)nccc3n2)cnc1OCC(F)(F)F. The molecule has 3 aromatic rings. The molecule has 0 aromatic carbocycles. The van der Waals surface area contributed by atoms with Gasteiger partial charge in [-0.15, -0.1) is 0 Å². The van der Waals surface area contributed by atoms with Crippen LogP contribution in [-0.4, -0.2) is 44.1 Å². The number of hydrogen-bond acceptors (Lipinski definition) is 6. The van der Waals surface area contributed by atoms with E-state index in [2.05, 4.69) is 44.0 Å². The monoisotopic (exact) mass is 394 g/mol. The van der Waals surface area contributed by atoms with E-state index in [1.54, 1.807) is 17.8 Å². The number of rotatable bonds is 7. The van der Waals surface area contributed by atoms with Crippen LogP contribution in [0, 0.1) is 12.8 Å². The van der Waals surface area contributed by atoms with Crippen molar-refractivity contribution in [1.82, 2.24) is 24.7 Å². The minimum absolute atomic E-state index is 0.129. The second kappa shape index (κ2) is 7.99. The third-order valence-corrected chi connectivity index (χ3v) is 3.81. The van der Waals surface area contributed by atoms with Gasteiger partial charge in [-0.25, -0.2) is 15.0 Å². The predicted molar refractivity (Wildman–Crippen MR) is 98.3 cm³/mol. The van der Waals surface area contributed by atoms with Gasteiger partial charge >= 0.3 is 6.18 Å². The van der Waals surface area contributed by atoms with Crippen LogP contribution in [-0.2, 0) is 6.54 Å². The van der Waals surface area contributed by atoms with E-state index in [4.69, 9.17) is 0 Å². The van der Waals surface area contributed by atoms with Gasteiger partial charge in [0.15, 0.2) is 6.61 Å². The molecule has 150 valence electrons. The molecule has 1 N–H and O–H groups in total. The van der Waals surface area contributed by atoms with Gasteiger partial charge in [0, 0.05) is 18.9 Å². The second-order valence-corrected chi connectivity index (χ2v) is 6.85. The average Bonchev–Trinajstić information content (AvgIpc) is 3.01. The summed E-state index contributed by atoms with van der Waals surface area (Å²) >= 11 is 0. The van der Waals surface area contributed by atoms with Crippen LogP contribution in [0.25, 0.3) is 10.9 Å². The number of alkyl halides is 3. The maximum absolute atomic E-state index is 12.3. The third-order valence-electron chi connectivity index (χ3n) is 3.81. The molecule has 0 atom stereocenters. The lowest BCUT2D eigenvalue weighted by Gasteiger charge is -2.10. The number of nitrogens with zero attached hydrogens (tertiary/aromatic N) is 5. The Morgan fingerprint density at radius 1 is 1.25 bits per heavy atom. The van der Waals surface area contributed by atoms with Crippen molar-refractivity contribution in [1.29, 1.82) is 0 Å². The minimum atomic E-state index is -4.42. The first kappa shape index (κ1) is 19.8. The Morgan fingerprint density at radius 3 is 2.71 bits per heavy atom. The minimum Gasteiger partial charge on any atom is -0.467 e. The van der Waals surface area contributed by atoms with Gasteiger partial charge in [-0.1, -0.05) is 13.8 Å². The van der Waals surface area contributed by atoms with Crippen molar-refractivity contribution >= 4 is 16.7 Å². The first-order chi connectivity index (χ1) is 13.2. The molecule has 0 radical (unpaired) electrons. The number of hydrogen-bond donors (Lipinski definition) is 1. The summed E-state index contributed by atoms with van der Waals surface area (Å²) in [6.45, 7) is 5.50. The van der Waals surface area contributed by atoms with Crippen LogP contribution in [0.2, 0.25) is 0 Å². The molecular formula is C18H21F3N6O. The zero-order valence-corrected chi connectivity index (χ0v) is 15.8. The van der Waals surface area contributed by atoms with Crippen LogP contribution in [0.5, 0.6) is 5.88 Å². The summed E-state index contributed by atoms with van der Waals surface area (Å²) in [5, 5.41) is 8.70. The molecule has 0 aliphatic rings. The Kier molecular flexibility index (Phi) is 5.66. The average molecular weight is 394 g/mol. The fourth-order valence-corrected chi connectivity index (χ4v) is 2.57. The number of ether oxygens (including phenoxy) is 1. The number of aromatic nitrogens is 5. The first-order valence-corrected chi connectivity index (χ1v) is 8.79. The van der Waals surface area contributed by atoms with Crippen molar-refractivity contribution in [3.05, 3.63) is 36.0 Å². The quantitative estimate of drug-likeness (QED) is 0.660. The summed E-state index contributed by atoms with van der Waals surface area (Å²) in [6, 6.07) is 1.82. The van der Waals surface area contributed by atoms with Crippen LogP contribution >= 0.6 is 0 Å². The van der Waals surface area contributed by atoms with E-state index in [-0.39, 0.29) is 5.88 Å². The molecule has 3 rings (SSSR count). The fraction of sp³-hybridized carbons (Fsp3) is 0.444. The Morgan fingerprint density at radius 2 is 2.04 bits per heavy atom. The highest BCUT2D eigenvalue weighted by Gasteiger charge is 2.29. The molecule has 0 aliphatic heterocycles. The number of anilines is 1. The van der Waals surface area contributed by atoms with Crippen molar-refractivity contribution in [2.75, 3.05) is 18.5 Å². The van der Waals surface area contributed by atoms with Gasteiger partial charge < -0.3 is 10.1 Å². The van der Waals surface area contributed by atoms with Crippen molar-refractivity contribution < 1.29 is 17.9 Å². The van der Waals surface area contributed by atoms with Crippen molar-refractivity contribution in [3.8, 4) is 5.88 Å². The highest BCUT2D eigenvalue weighted by atomic mass is 19.4. The summed E-state index contributed by atoms with van der Waals surface area (Å²) in [7, 11) is 0. The number of fused-ring (bicyclic) bond motifs is 1. The second-order valence-electron chi connectivity index (χ2n) is 6.85. The van der Waals surface area contributed by atoms with Gasteiger partial charge in [-0.3, -0.25) is 4.68 Å². The Labute approximate surface area is 160 Å². The van der Waals surface area contributed by atoms with Crippen LogP contribution < -0.4 is 10.1 Å². The molecule has 10 heteroatoms. The summed E-state index contributed by atoms with van der Waals surface area (Å²) < 4.78 is 43.2. The molecule has 0 unspecified atom stereocenters. The molecule has 0 bridgehead atoms. The number of nitrogens with one attached hydrogen (secondary N) is 1. The zero-order valence-electron chi connectivity index (χ0n) is 15.8. The topological polar surface area (TPSA) is 77.8 Å². The van der Waals surface area contributed by atoms with Crippen LogP contribution in [0.15, 0.2) is 24.7 Å². The standard InChI is InChI=1S/C18H21F3N6O/c1-11(2)6-23-16-14-9-27(26-15(14)4-5-22-16)8-13-7-24-17(12(3)25-13)28-10-18(19,20)21/h4-5,7,9,11H,6,8,10H2,1-3H3,(H,22,23). The van der Waals surface area contributed by atoms with Crippen molar-refractivity contribution in [2.45, 2.75) is 33.5 Å². The number of halogens is 3. The highest BCUT2D eigenvalue weighted by molar-refractivity contribution is 5.88. The predicted octanol–water partition coefficient (Wildman–Crippen LogP) is 3.59. The lowest BCUT2D eigenvalue weighted by atomic mass is 10.2. The van der Waals surface area contributed by atoms with E-state index in [0.717, 1.165) is 23.3 Å². The van der Waals surface area contributed by atoms with E-state index < -0.39 is 12.8 Å². The molecule has 0 aliphatic carbocycles. The summed E-state index contributed by atoms with van der Waals surface area (Å²) in [4.78, 5) is 12.6. The Bertz CT molecular complexity index is 954. The lowest BCUT2D eigenvalue weighted by molar-refractivity contribution is -0.154. The van der Waals surface area contributed by atoms with Crippen LogP contribution in [0.1, 0.15) is 25.2 Å².